The Bertz CT molecular complexity index is 536. The monoisotopic (exact) mass is 262 g/mol. The zero-order chi connectivity index (χ0) is 13.1. The van der Waals surface area contributed by atoms with E-state index in [2.05, 4.69) is 11.8 Å². The summed E-state index contributed by atoms with van der Waals surface area (Å²) in [5.74, 6) is 3.96. The van der Waals surface area contributed by atoms with Crippen LogP contribution in [0.4, 0.5) is 0 Å². The van der Waals surface area contributed by atoms with E-state index >= 15 is 0 Å². The first-order valence-corrected chi connectivity index (χ1v) is 5.99. The predicted molar refractivity (Wildman–Crippen MR) is 67.3 cm³/mol. The van der Waals surface area contributed by atoms with E-state index in [9.17, 15) is 9.59 Å². The van der Waals surface area contributed by atoms with Crippen LogP contribution in [0.5, 0.6) is 0 Å². The first-order chi connectivity index (χ1) is 8.58. The normalized spacial score (nSPS) is 15.4. The van der Waals surface area contributed by atoms with Crippen molar-refractivity contribution in [1.29, 1.82) is 0 Å². The number of carboxylic acids is 1. The van der Waals surface area contributed by atoms with Crippen LogP contribution in [-0.2, 0) is 9.59 Å². The van der Waals surface area contributed by atoms with Crippen LogP contribution >= 0.6 is 11.6 Å². The van der Waals surface area contributed by atoms with E-state index in [0.717, 1.165) is 12.8 Å². The van der Waals surface area contributed by atoms with Crippen LogP contribution in [0.15, 0.2) is 24.3 Å². The summed E-state index contributed by atoms with van der Waals surface area (Å²) in [4.78, 5) is 22.1. The molecule has 92 valence electrons. The Morgan fingerprint density at radius 2 is 2.11 bits per heavy atom. The van der Waals surface area contributed by atoms with E-state index in [1.54, 1.807) is 24.3 Å². The summed E-state index contributed by atoms with van der Waals surface area (Å²) in [5.41, 5.74) is 1.08. The summed E-state index contributed by atoms with van der Waals surface area (Å²) < 4.78 is 0. The van der Waals surface area contributed by atoms with Crippen molar-refractivity contribution in [2.24, 2.45) is 5.92 Å². The van der Waals surface area contributed by atoms with E-state index in [-0.39, 0.29) is 0 Å². The fraction of sp³-hybridized carbons (Fsp3) is 0.286. The van der Waals surface area contributed by atoms with Crippen molar-refractivity contribution >= 4 is 22.8 Å². The minimum absolute atomic E-state index is 0.366. The first kappa shape index (κ1) is 12.7. The van der Waals surface area contributed by atoms with E-state index < -0.39 is 17.1 Å². The molecule has 0 spiro atoms. The Kier molecular flexibility index (Phi) is 3.69. The lowest BCUT2D eigenvalue weighted by Gasteiger charge is -2.07. The lowest BCUT2D eigenvalue weighted by atomic mass is 9.98. The van der Waals surface area contributed by atoms with Gasteiger partial charge in [-0.1, -0.05) is 24.0 Å². The van der Waals surface area contributed by atoms with Crippen molar-refractivity contribution in [1.82, 2.24) is 0 Å². The molecular weight excluding hydrogens is 252 g/mol. The van der Waals surface area contributed by atoms with Gasteiger partial charge in [-0.25, -0.2) is 0 Å². The average molecular weight is 263 g/mol. The topological polar surface area (TPSA) is 54.4 Å². The molecule has 1 aromatic carbocycles. The van der Waals surface area contributed by atoms with Crippen molar-refractivity contribution in [3.63, 3.8) is 0 Å². The molecule has 18 heavy (non-hydrogen) atoms. The summed E-state index contributed by atoms with van der Waals surface area (Å²) in [6.45, 7) is 0. The molecule has 0 aliphatic heterocycles. The van der Waals surface area contributed by atoms with Crippen LogP contribution in [-0.4, -0.2) is 16.3 Å². The average Bonchev–Trinajstić information content (AvgIpc) is 3.09. The summed E-state index contributed by atoms with van der Waals surface area (Å²) in [5, 5.41) is 8.08. The summed E-state index contributed by atoms with van der Waals surface area (Å²) in [6.07, 6.45) is 2.26. The largest absolute Gasteiger partial charge is 0.480 e. The molecule has 1 N–H and O–H groups in total. The highest BCUT2D eigenvalue weighted by atomic mass is 35.5. The smallest absolute Gasteiger partial charge is 0.319 e. The Labute approximate surface area is 110 Å². The lowest BCUT2D eigenvalue weighted by Crippen LogP contribution is -2.17. The van der Waals surface area contributed by atoms with Gasteiger partial charge in [0.25, 0.3) is 0 Å². The molecule has 1 saturated carbocycles. The minimum Gasteiger partial charge on any atom is -0.480 e. The number of hydrogen-bond acceptors (Lipinski definition) is 2. The Morgan fingerprint density at radius 1 is 1.39 bits per heavy atom. The van der Waals surface area contributed by atoms with Crippen molar-refractivity contribution in [2.45, 2.75) is 18.8 Å². The van der Waals surface area contributed by atoms with Crippen LogP contribution < -0.4 is 0 Å². The molecule has 3 nitrogen and oxygen atoms in total. The van der Waals surface area contributed by atoms with Crippen molar-refractivity contribution in [3.05, 3.63) is 35.4 Å². The number of aliphatic carboxylic acids is 1. The van der Waals surface area contributed by atoms with Gasteiger partial charge in [-0.3, -0.25) is 9.59 Å². The number of carboxylic acid groups (broad SMARTS) is 1. The molecule has 1 aliphatic rings. The molecule has 1 atom stereocenters. The fourth-order valence-corrected chi connectivity index (χ4v) is 1.80. The first-order valence-electron chi connectivity index (χ1n) is 5.61. The molecule has 1 fully saturated rings. The maximum atomic E-state index is 11.1. The van der Waals surface area contributed by atoms with Crippen molar-refractivity contribution in [2.75, 3.05) is 0 Å². The Balaban J connectivity index is 2.28. The van der Waals surface area contributed by atoms with E-state index in [1.807, 2.05) is 0 Å². The molecule has 0 aromatic heterocycles. The van der Waals surface area contributed by atoms with Gasteiger partial charge < -0.3 is 5.11 Å². The number of carbonyl (C=O) groups is 2. The van der Waals surface area contributed by atoms with Crippen LogP contribution in [0.25, 0.3) is 0 Å². The highest BCUT2D eigenvalue weighted by Gasteiger charge is 2.26. The number of halogens is 1. The third-order valence-corrected chi connectivity index (χ3v) is 2.91. The predicted octanol–water partition coefficient (Wildman–Crippen LogP) is 2.38. The van der Waals surface area contributed by atoms with Gasteiger partial charge in [0.2, 0.25) is 5.24 Å². The molecule has 1 unspecified atom stereocenters. The minimum atomic E-state index is -1.32. The zero-order valence-corrected chi connectivity index (χ0v) is 10.3. The number of hydrogen-bond donors (Lipinski definition) is 1. The molecule has 4 heteroatoms. The molecule has 0 heterocycles. The van der Waals surface area contributed by atoms with Crippen LogP contribution in [0, 0.1) is 17.8 Å². The van der Waals surface area contributed by atoms with Gasteiger partial charge in [0.05, 0.1) is 0 Å². The quantitative estimate of drug-likeness (QED) is 0.517. The molecule has 0 radical (unpaired) electrons. The molecule has 0 amide bonds. The van der Waals surface area contributed by atoms with Gasteiger partial charge in [0, 0.05) is 11.5 Å². The lowest BCUT2D eigenvalue weighted by molar-refractivity contribution is -0.140. The van der Waals surface area contributed by atoms with E-state index in [0.29, 0.717) is 17.0 Å². The Hall–Kier alpha value is -1.79. The van der Waals surface area contributed by atoms with Gasteiger partial charge in [-0.05, 0) is 42.1 Å². The second-order valence-electron chi connectivity index (χ2n) is 4.24. The molecule has 2 rings (SSSR count). The SMILES string of the molecule is O=C(O)C(C(=O)Cl)c1cccc(C#CC2CC2)c1. The number of carbonyl (C=O) groups excluding carboxylic acids is 1. The van der Waals surface area contributed by atoms with Gasteiger partial charge in [-0.2, -0.15) is 0 Å². The number of benzene rings is 1. The molecule has 1 aliphatic carbocycles. The zero-order valence-electron chi connectivity index (χ0n) is 9.52. The van der Waals surface area contributed by atoms with Gasteiger partial charge >= 0.3 is 5.97 Å². The maximum absolute atomic E-state index is 11.1. The van der Waals surface area contributed by atoms with E-state index in [1.165, 1.54) is 0 Å². The molecule has 0 saturated heterocycles. The highest BCUT2D eigenvalue weighted by molar-refractivity contribution is 6.66. The highest BCUT2D eigenvalue weighted by Crippen LogP contribution is 2.27. The second kappa shape index (κ2) is 5.24. The number of rotatable bonds is 3. The van der Waals surface area contributed by atoms with E-state index in [4.69, 9.17) is 16.7 Å². The fourth-order valence-electron chi connectivity index (χ4n) is 1.58. The molecule has 1 aromatic rings. The van der Waals surface area contributed by atoms with Crippen molar-refractivity contribution in [3.8, 4) is 11.8 Å². The van der Waals surface area contributed by atoms with Gasteiger partial charge in [-0.15, -0.1) is 0 Å². The van der Waals surface area contributed by atoms with Crippen molar-refractivity contribution < 1.29 is 14.7 Å². The second-order valence-corrected chi connectivity index (χ2v) is 4.62. The standard InChI is InChI=1S/C14H11ClO3/c15-13(16)12(14(17)18)11-3-1-2-10(8-11)7-6-9-4-5-9/h1-3,8-9,12H,4-5H2,(H,17,18). The van der Waals surface area contributed by atoms with Gasteiger partial charge in [0.15, 0.2) is 5.92 Å². The third-order valence-electron chi connectivity index (χ3n) is 2.69. The maximum Gasteiger partial charge on any atom is 0.319 e. The summed E-state index contributed by atoms with van der Waals surface area (Å²) in [7, 11) is 0. The third kappa shape index (κ3) is 3.12. The summed E-state index contributed by atoms with van der Waals surface area (Å²) in [6, 6.07) is 6.65. The molecular formula is C14H11ClO3. The van der Waals surface area contributed by atoms with Crippen LogP contribution in [0.3, 0.4) is 0 Å². The Morgan fingerprint density at radius 3 is 2.67 bits per heavy atom. The van der Waals surface area contributed by atoms with Crippen LogP contribution in [0.1, 0.15) is 29.9 Å². The molecule has 0 bridgehead atoms. The van der Waals surface area contributed by atoms with Crippen LogP contribution in [0.2, 0.25) is 0 Å². The van der Waals surface area contributed by atoms with Gasteiger partial charge in [0.1, 0.15) is 0 Å². The summed E-state index contributed by atoms with van der Waals surface area (Å²) >= 11 is 5.31.